The number of hydrogen-bond donors (Lipinski definition) is 3. The Hall–Kier alpha value is -2.23. The number of nitrogens with two attached hydrogens (primary N) is 1. The second kappa shape index (κ2) is 6.74. The van der Waals surface area contributed by atoms with Crippen molar-refractivity contribution in [1.82, 2.24) is 14.7 Å². The number of nitrogens with one attached hydrogen (secondary N) is 2. The summed E-state index contributed by atoms with van der Waals surface area (Å²) >= 11 is 3.44. The maximum atomic E-state index is 12.1. The SMILES string of the molecule is N[C@@H](Cc1ccc(C2CC(=O)NS2(=O)=O)c(Br)c1)c1nc2ccccc2[nH]1. The van der Waals surface area contributed by atoms with Crippen molar-refractivity contribution in [2.24, 2.45) is 5.73 Å². The number of rotatable bonds is 4. The fourth-order valence-electron chi connectivity index (χ4n) is 3.28. The van der Waals surface area contributed by atoms with Crippen molar-refractivity contribution in [3.05, 3.63) is 63.9 Å². The van der Waals surface area contributed by atoms with E-state index in [-0.39, 0.29) is 12.5 Å². The van der Waals surface area contributed by atoms with E-state index >= 15 is 0 Å². The molecule has 1 aromatic heterocycles. The van der Waals surface area contributed by atoms with Crippen LogP contribution in [-0.4, -0.2) is 24.3 Å². The number of para-hydroxylation sites is 2. The number of imidazole rings is 1. The van der Waals surface area contributed by atoms with Crippen LogP contribution >= 0.6 is 15.9 Å². The largest absolute Gasteiger partial charge is 0.341 e. The lowest BCUT2D eigenvalue weighted by molar-refractivity contribution is -0.118. The number of benzene rings is 2. The van der Waals surface area contributed by atoms with Crippen molar-refractivity contribution >= 4 is 42.9 Å². The molecule has 9 heteroatoms. The number of hydrogen-bond acceptors (Lipinski definition) is 5. The van der Waals surface area contributed by atoms with Crippen LogP contribution in [0.15, 0.2) is 46.9 Å². The molecule has 1 unspecified atom stereocenters. The van der Waals surface area contributed by atoms with E-state index < -0.39 is 21.2 Å². The lowest BCUT2D eigenvalue weighted by atomic mass is 10.0. The third-order valence-corrected chi connectivity index (χ3v) is 7.00. The molecule has 1 fully saturated rings. The standard InChI is InChI=1S/C18H17BrN4O3S/c19-12-7-10(5-6-11(12)16-9-17(24)23-27(16,25)26)8-13(20)18-21-14-3-1-2-4-15(14)22-18/h1-7,13,16H,8-9,20H2,(H,21,22)(H,23,24)/t13-,16?/m0/s1. The van der Waals surface area contributed by atoms with Crippen molar-refractivity contribution < 1.29 is 13.2 Å². The summed E-state index contributed by atoms with van der Waals surface area (Å²) in [4.78, 5) is 19.2. The molecule has 4 N–H and O–H groups in total. The first kappa shape index (κ1) is 18.1. The molecule has 0 aliphatic carbocycles. The highest BCUT2D eigenvalue weighted by Gasteiger charge is 2.38. The Morgan fingerprint density at radius 2 is 2.04 bits per heavy atom. The molecule has 0 spiro atoms. The first-order valence-electron chi connectivity index (χ1n) is 8.36. The predicted molar refractivity (Wildman–Crippen MR) is 105 cm³/mol. The van der Waals surface area contributed by atoms with Crippen molar-refractivity contribution in [3.8, 4) is 0 Å². The van der Waals surface area contributed by atoms with Crippen LogP contribution < -0.4 is 10.5 Å². The van der Waals surface area contributed by atoms with Crippen LogP contribution in [0.3, 0.4) is 0 Å². The summed E-state index contributed by atoms with van der Waals surface area (Å²) in [6.07, 6.45) is 0.464. The fourth-order valence-corrected chi connectivity index (χ4v) is 5.59. The molecule has 7 nitrogen and oxygen atoms in total. The molecule has 1 aliphatic rings. The Morgan fingerprint density at radius 1 is 1.26 bits per heavy atom. The van der Waals surface area contributed by atoms with E-state index in [9.17, 15) is 13.2 Å². The Bertz CT molecular complexity index is 1110. The molecular formula is C18H17BrN4O3S. The molecule has 2 heterocycles. The molecule has 27 heavy (non-hydrogen) atoms. The van der Waals surface area contributed by atoms with Gasteiger partial charge in [0.25, 0.3) is 0 Å². The molecule has 3 aromatic rings. The third kappa shape index (κ3) is 3.50. The van der Waals surface area contributed by atoms with Crippen molar-refractivity contribution in [3.63, 3.8) is 0 Å². The normalized spacial score (nSPS) is 19.9. The first-order chi connectivity index (χ1) is 12.8. The zero-order valence-electron chi connectivity index (χ0n) is 14.1. The topological polar surface area (TPSA) is 118 Å². The number of sulfonamides is 1. The molecule has 0 bridgehead atoms. The average Bonchev–Trinajstić information content (AvgIpc) is 3.15. The highest BCUT2D eigenvalue weighted by atomic mass is 79.9. The predicted octanol–water partition coefficient (Wildman–Crippen LogP) is 2.46. The molecule has 0 saturated carbocycles. The number of aromatic nitrogens is 2. The van der Waals surface area contributed by atoms with Crippen molar-refractivity contribution in [1.29, 1.82) is 0 Å². The average molecular weight is 449 g/mol. The van der Waals surface area contributed by atoms with Gasteiger partial charge in [0.2, 0.25) is 15.9 Å². The highest BCUT2D eigenvalue weighted by molar-refractivity contribution is 9.10. The Balaban J connectivity index is 1.56. The minimum Gasteiger partial charge on any atom is -0.341 e. The van der Waals surface area contributed by atoms with Crippen LogP contribution in [0.1, 0.15) is 34.7 Å². The molecule has 4 rings (SSSR count). The van der Waals surface area contributed by atoms with Crippen LogP contribution in [-0.2, 0) is 21.2 Å². The molecular weight excluding hydrogens is 432 g/mol. The van der Waals surface area contributed by atoms with Crippen LogP contribution in [0.2, 0.25) is 0 Å². The minimum absolute atomic E-state index is 0.0707. The number of halogens is 1. The second-order valence-corrected chi connectivity index (χ2v) is 9.29. The van der Waals surface area contributed by atoms with E-state index in [4.69, 9.17) is 5.73 Å². The lowest BCUT2D eigenvalue weighted by Crippen LogP contribution is -2.21. The summed E-state index contributed by atoms with van der Waals surface area (Å²) in [5.41, 5.74) is 9.60. The van der Waals surface area contributed by atoms with E-state index in [2.05, 4.69) is 25.9 Å². The maximum absolute atomic E-state index is 12.1. The van der Waals surface area contributed by atoms with Crippen molar-refractivity contribution in [2.75, 3.05) is 0 Å². The van der Waals surface area contributed by atoms with Gasteiger partial charge in [-0.05, 0) is 35.7 Å². The Labute approximate surface area is 164 Å². The Morgan fingerprint density at radius 3 is 2.70 bits per heavy atom. The van der Waals surface area contributed by atoms with Gasteiger partial charge in [-0.15, -0.1) is 0 Å². The highest BCUT2D eigenvalue weighted by Crippen LogP contribution is 2.35. The van der Waals surface area contributed by atoms with Crippen LogP contribution in [0.4, 0.5) is 0 Å². The summed E-state index contributed by atoms with van der Waals surface area (Å²) in [5.74, 6) is 0.215. The minimum atomic E-state index is -3.67. The molecule has 2 aromatic carbocycles. The van der Waals surface area contributed by atoms with Gasteiger partial charge in [-0.25, -0.2) is 13.4 Å². The summed E-state index contributed by atoms with van der Waals surface area (Å²) in [5, 5.41) is -0.877. The van der Waals surface area contributed by atoms with E-state index in [1.165, 1.54) is 0 Å². The smallest absolute Gasteiger partial charge is 0.242 e. The molecule has 1 saturated heterocycles. The van der Waals surface area contributed by atoms with Crippen LogP contribution in [0, 0.1) is 0 Å². The number of carbonyl (C=O) groups excluding carboxylic acids is 1. The van der Waals surface area contributed by atoms with E-state index in [0.717, 1.165) is 16.6 Å². The van der Waals surface area contributed by atoms with Gasteiger partial charge in [-0.3, -0.25) is 9.52 Å². The maximum Gasteiger partial charge on any atom is 0.242 e. The van der Waals surface area contributed by atoms with E-state index in [0.29, 0.717) is 22.3 Å². The first-order valence-corrected chi connectivity index (χ1v) is 10.7. The van der Waals surface area contributed by atoms with Gasteiger partial charge in [0.15, 0.2) is 0 Å². The number of nitrogens with zero attached hydrogens (tertiary/aromatic N) is 1. The number of carbonyl (C=O) groups is 1. The van der Waals surface area contributed by atoms with Gasteiger partial charge in [-0.2, -0.15) is 0 Å². The van der Waals surface area contributed by atoms with E-state index in [1.54, 1.807) is 6.07 Å². The van der Waals surface area contributed by atoms with Gasteiger partial charge in [0.05, 0.1) is 23.5 Å². The lowest BCUT2D eigenvalue weighted by Gasteiger charge is -2.14. The molecule has 0 radical (unpaired) electrons. The number of fused-ring (bicyclic) bond motifs is 1. The van der Waals surface area contributed by atoms with Crippen LogP contribution in [0.25, 0.3) is 11.0 Å². The van der Waals surface area contributed by atoms with Crippen molar-refractivity contribution in [2.45, 2.75) is 24.1 Å². The number of aromatic amines is 1. The monoisotopic (exact) mass is 448 g/mol. The van der Waals surface area contributed by atoms with Crippen LogP contribution in [0.5, 0.6) is 0 Å². The van der Waals surface area contributed by atoms with Gasteiger partial charge in [0.1, 0.15) is 11.1 Å². The summed E-state index contributed by atoms with van der Waals surface area (Å²) in [6, 6.07) is 12.8. The number of amides is 1. The summed E-state index contributed by atoms with van der Waals surface area (Å²) in [7, 11) is -3.67. The quantitative estimate of drug-likeness (QED) is 0.566. The molecule has 2 atom stereocenters. The summed E-state index contributed by atoms with van der Waals surface area (Å²) < 4.78 is 26.8. The zero-order valence-corrected chi connectivity index (χ0v) is 16.5. The number of H-pyrrole nitrogens is 1. The van der Waals surface area contributed by atoms with E-state index in [1.807, 2.05) is 41.1 Å². The molecule has 1 aliphatic heterocycles. The van der Waals surface area contributed by atoms with Gasteiger partial charge < -0.3 is 10.7 Å². The second-order valence-electron chi connectivity index (χ2n) is 6.57. The fraction of sp³-hybridized carbons (Fsp3) is 0.222. The molecule has 1 amide bonds. The zero-order chi connectivity index (χ0) is 19.2. The Kier molecular flexibility index (Phi) is 4.53. The van der Waals surface area contributed by atoms with Gasteiger partial charge in [-0.1, -0.05) is 40.2 Å². The van der Waals surface area contributed by atoms with Gasteiger partial charge in [0, 0.05) is 4.47 Å². The summed E-state index contributed by atoms with van der Waals surface area (Å²) in [6.45, 7) is 0. The van der Waals surface area contributed by atoms with Gasteiger partial charge >= 0.3 is 0 Å². The third-order valence-electron chi connectivity index (χ3n) is 4.63. The molecule has 140 valence electrons.